The fourth-order valence-electron chi connectivity index (χ4n) is 3.91. The predicted octanol–water partition coefficient (Wildman–Crippen LogP) is 2.49. The topological polar surface area (TPSA) is 61.9 Å². The van der Waals surface area contributed by atoms with Crippen LogP contribution in [0.3, 0.4) is 0 Å². The third-order valence-corrected chi connectivity index (χ3v) is 4.99. The van der Waals surface area contributed by atoms with Crippen LogP contribution in [0.4, 0.5) is 10.5 Å². The Morgan fingerprint density at radius 2 is 1.76 bits per heavy atom. The molecule has 2 aliphatic rings. The van der Waals surface area contributed by atoms with Gasteiger partial charge in [-0.2, -0.15) is 0 Å². The average molecular weight is 345 g/mol. The molecular weight excluding hydrogens is 318 g/mol. The van der Waals surface area contributed by atoms with Crippen molar-refractivity contribution in [3.63, 3.8) is 0 Å². The van der Waals surface area contributed by atoms with E-state index in [0.717, 1.165) is 30.9 Å². The van der Waals surface area contributed by atoms with E-state index in [-0.39, 0.29) is 18.0 Å². The van der Waals surface area contributed by atoms with Gasteiger partial charge < -0.3 is 19.9 Å². The first kappa shape index (κ1) is 17.6. The number of piperidine rings is 1. The molecule has 1 aromatic rings. The number of anilines is 1. The Kier molecular flexibility index (Phi) is 5.16. The summed E-state index contributed by atoms with van der Waals surface area (Å²) in [6, 6.07) is 7.22. The highest BCUT2D eigenvalue weighted by Gasteiger charge is 2.33. The summed E-state index contributed by atoms with van der Waals surface area (Å²) in [6.07, 6.45) is 1.51. The highest BCUT2D eigenvalue weighted by molar-refractivity contribution is 5.96. The van der Waals surface area contributed by atoms with Crippen LogP contribution >= 0.6 is 0 Å². The van der Waals surface area contributed by atoms with Crippen LogP contribution in [0.15, 0.2) is 24.3 Å². The van der Waals surface area contributed by atoms with Gasteiger partial charge in [0.15, 0.2) is 0 Å². The van der Waals surface area contributed by atoms with E-state index in [1.807, 2.05) is 29.2 Å². The second-order valence-electron chi connectivity index (χ2n) is 7.40. The minimum atomic E-state index is -0.144. The summed E-state index contributed by atoms with van der Waals surface area (Å²) in [5.74, 6) is 1.84. The van der Waals surface area contributed by atoms with Crippen LogP contribution in [-0.2, 0) is 4.79 Å². The molecule has 0 saturated carbocycles. The van der Waals surface area contributed by atoms with Crippen molar-refractivity contribution in [3.8, 4) is 5.75 Å². The monoisotopic (exact) mass is 345 g/mol. The number of likely N-dealkylation sites (tertiary alicyclic amines) is 1. The third kappa shape index (κ3) is 4.06. The molecule has 2 saturated heterocycles. The number of ether oxygens (including phenoxy) is 1. The zero-order valence-electron chi connectivity index (χ0n) is 15.2. The molecule has 0 spiro atoms. The molecule has 2 fully saturated rings. The highest BCUT2D eigenvalue weighted by Crippen LogP contribution is 2.25. The van der Waals surface area contributed by atoms with Crippen molar-refractivity contribution in [1.82, 2.24) is 10.2 Å². The predicted molar refractivity (Wildman–Crippen MR) is 96.8 cm³/mol. The number of methoxy groups -OCH3 is 1. The zero-order valence-corrected chi connectivity index (χ0v) is 15.2. The van der Waals surface area contributed by atoms with Gasteiger partial charge in [0.2, 0.25) is 5.91 Å². The average Bonchev–Trinajstić information content (AvgIpc) is 2.94. The molecule has 2 heterocycles. The van der Waals surface area contributed by atoms with E-state index in [1.165, 1.54) is 0 Å². The molecule has 3 rings (SSSR count). The maximum absolute atomic E-state index is 12.5. The summed E-state index contributed by atoms with van der Waals surface area (Å²) in [4.78, 5) is 28.5. The van der Waals surface area contributed by atoms with E-state index in [9.17, 15) is 9.59 Å². The summed E-state index contributed by atoms with van der Waals surface area (Å²) in [5.41, 5.74) is 0.836. The number of urea groups is 1. The molecule has 0 unspecified atom stereocenters. The highest BCUT2D eigenvalue weighted by atomic mass is 16.5. The Morgan fingerprint density at radius 3 is 2.36 bits per heavy atom. The van der Waals surface area contributed by atoms with Gasteiger partial charge in [0.25, 0.3) is 0 Å². The molecule has 1 aromatic carbocycles. The number of nitrogens with one attached hydrogen (secondary N) is 1. The zero-order chi connectivity index (χ0) is 18.0. The van der Waals surface area contributed by atoms with Gasteiger partial charge in [-0.3, -0.25) is 4.79 Å². The maximum Gasteiger partial charge on any atom is 0.317 e. The van der Waals surface area contributed by atoms with E-state index in [1.54, 1.807) is 12.0 Å². The van der Waals surface area contributed by atoms with Crippen molar-refractivity contribution in [2.45, 2.75) is 32.7 Å². The molecule has 0 aromatic heterocycles. The minimum absolute atomic E-state index is 0.0378. The fraction of sp³-hybridized carbons (Fsp3) is 0.579. The molecule has 3 atom stereocenters. The number of benzene rings is 1. The van der Waals surface area contributed by atoms with Crippen LogP contribution in [0, 0.1) is 11.8 Å². The van der Waals surface area contributed by atoms with E-state index in [2.05, 4.69) is 19.2 Å². The normalized spacial score (nSPS) is 26.7. The fourth-order valence-corrected chi connectivity index (χ4v) is 3.91. The quantitative estimate of drug-likeness (QED) is 0.915. The molecule has 6 nitrogen and oxygen atoms in total. The number of carbonyl (C=O) groups excluding carboxylic acids is 2. The van der Waals surface area contributed by atoms with Gasteiger partial charge in [0, 0.05) is 31.7 Å². The Bertz CT molecular complexity index is 621. The standard InChI is InChI=1S/C19H27N3O3/c1-13-8-14(2)11-21(10-13)19(24)20-15-9-18(23)22(12-15)16-4-6-17(25-3)7-5-16/h4-7,13-15H,8-12H2,1-3H3,(H,20,24)/t13-,14+,15-/m1/s1. The molecule has 0 radical (unpaired) electrons. The number of nitrogens with zero attached hydrogens (tertiary/aromatic N) is 2. The Labute approximate surface area is 149 Å². The number of carbonyl (C=O) groups is 2. The number of hydrogen-bond acceptors (Lipinski definition) is 3. The molecule has 3 amide bonds. The number of amides is 3. The molecule has 6 heteroatoms. The summed E-state index contributed by atoms with van der Waals surface area (Å²) in [7, 11) is 1.61. The van der Waals surface area contributed by atoms with Crippen LogP contribution in [-0.4, -0.2) is 49.6 Å². The van der Waals surface area contributed by atoms with Crippen molar-refractivity contribution < 1.29 is 14.3 Å². The lowest BCUT2D eigenvalue weighted by atomic mass is 9.92. The van der Waals surface area contributed by atoms with E-state index in [0.29, 0.717) is 24.8 Å². The Morgan fingerprint density at radius 1 is 1.12 bits per heavy atom. The molecule has 1 N–H and O–H groups in total. The van der Waals surface area contributed by atoms with Crippen LogP contribution in [0.1, 0.15) is 26.7 Å². The van der Waals surface area contributed by atoms with Crippen LogP contribution in [0.5, 0.6) is 5.75 Å². The van der Waals surface area contributed by atoms with Gasteiger partial charge in [-0.15, -0.1) is 0 Å². The summed E-state index contributed by atoms with van der Waals surface area (Å²) < 4.78 is 5.15. The first-order valence-corrected chi connectivity index (χ1v) is 8.96. The second kappa shape index (κ2) is 7.33. The number of rotatable bonds is 3. The van der Waals surface area contributed by atoms with Gasteiger partial charge in [-0.1, -0.05) is 13.8 Å². The molecule has 2 aliphatic heterocycles. The van der Waals surface area contributed by atoms with Crippen molar-refractivity contribution in [2.75, 3.05) is 31.6 Å². The summed E-state index contributed by atoms with van der Waals surface area (Å²) in [6.45, 7) is 6.45. The van der Waals surface area contributed by atoms with E-state index < -0.39 is 0 Å². The Balaban J connectivity index is 1.59. The third-order valence-electron chi connectivity index (χ3n) is 4.99. The van der Waals surface area contributed by atoms with Gasteiger partial charge in [0.1, 0.15) is 5.75 Å². The van der Waals surface area contributed by atoms with Crippen LogP contribution < -0.4 is 15.0 Å². The first-order valence-electron chi connectivity index (χ1n) is 8.96. The first-order chi connectivity index (χ1) is 12.0. The van der Waals surface area contributed by atoms with Crippen molar-refractivity contribution in [3.05, 3.63) is 24.3 Å². The van der Waals surface area contributed by atoms with Crippen molar-refractivity contribution >= 4 is 17.6 Å². The second-order valence-corrected chi connectivity index (χ2v) is 7.40. The molecule has 25 heavy (non-hydrogen) atoms. The maximum atomic E-state index is 12.5. The largest absolute Gasteiger partial charge is 0.497 e. The summed E-state index contributed by atoms with van der Waals surface area (Å²) >= 11 is 0. The molecule has 0 bridgehead atoms. The lowest BCUT2D eigenvalue weighted by molar-refractivity contribution is -0.117. The lowest BCUT2D eigenvalue weighted by Gasteiger charge is -2.35. The van der Waals surface area contributed by atoms with Gasteiger partial charge in [-0.25, -0.2) is 4.79 Å². The minimum Gasteiger partial charge on any atom is -0.497 e. The number of hydrogen-bond donors (Lipinski definition) is 1. The van der Waals surface area contributed by atoms with Gasteiger partial charge in [-0.05, 0) is 42.5 Å². The Hall–Kier alpha value is -2.24. The molecule has 136 valence electrons. The van der Waals surface area contributed by atoms with Crippen molar-refractivity contribution in [1.29, 1.82) is 0 Å². The van der Waals surface area contributed by atoms with Crippen LogP contribution in [0.25, 0.3) is 0 Å². The van der Waals surface area contributed by atoms with Gasteiger partial charge in [0.05, 0.1) is 13.2 Å². The smallest absolute Gasteiger partial charge is 0.317 e. The summed E-state index contributed by atoms with van der Waals surface area (Å²) in [5, 5.41) is 3.04. The lowest BCUT2D eigenvalue weighted by Crippen LogP contribution is -2.50. The van der Waals surface area contributed by atoms with Gasteiger partial charge >= 0.3 is 6.03 Å². The van der Waals surface area contributed by atoms with Crippen LogP contribution in [0.2, 0.25) is 0 Å². The van der Waals surface area contributed by atoms with E-state index >= 15 is 0 Å². The SMILES string of the molecule is COc1ccc(N2C[C@H](NC(=O)N3C[C@H](C)C[C@H](C)C3)CC2=O)cc1. The van der Waals surface area contributed by atoms with E-state index in [4.69, 9.17) is 4.74 Å². The van der Waals surface area contributed by atoms with Crippen molar-refractivity contribution in [2.24, 2.45) is 11.8 Å². The molecular formula is C19H27N3O3. The molecule has 0 aliphatic carbocycles.